The lowest BCUT2D eigenvalue weighted by Gasteiger charge is -2.08. The molecule has 0 amide bonds. The topological polar surface area (TPSA) is 67.4 Å². The maximum Gasteiger partial charge on any atom is 0.411 e. The molecule has 2 N–H and O–H groups in total. The predicted octanol–water partition coefficient (Wildman–Crippen LogP) is 1.32. The van der Waals surface area contributed by atoms with Crippen LogP contribution in [0.15, 0.2) is 16.3 Å². The average Bonchev–Trinajstić information content (AvgIpc) is 2.77. The van der Waals surface area contributed by atoms with Crippen LogP contribution in [0, 0.1) is 0 Å². The van der Waals surface area contributed by atoms with Gasteiger partial charge in [0.2, 0.25) is 10.0 Å². The zero-order valence-corrected chi connectivity index (χ0v) is 12.3. The van der Waals surface area contributed by atoms with Gasteiger partial charge in [-0.1, -0.05) is 0 Å². The second kappa shape index (κ2) is 7.36. The maximum atomic E-state index is 11.8. The van der Waals surface area contributed by atoms with E-state index in [4.69, 9.17) is 0 Å². The summed E-state index contributed by atoms with van der Waals surface area (Å²) in [4.78, 5) is 0.949. The molecule has 5 nitrogen and oxygen atoms in total. The van der Waals surface area contributed by atoms with Gasteiger partial charge in [-0.2, -0.15) is 13.2 Å². The summed E-state index contributed by atoms with van der Waals surface area (Å²) in [6, 6.07) is 1.51. The number of rotatable bonds is 8. The lowest BCUT2D eigenvalue weighted by Crippen LogP contribution is -2.28. The van der Waals surface area contributed by atoms with Gasteiger partial charge >= 0.3 is 6.18 Å². The summed E-state index contributed by atoms with van der Waals surface area (Å²) in [5.74, 6) is 0. The molecule has 0 fully saturated rings. The Morgan fingerprint density at radius 2 is 2.10 bits per heavy atom. The van der Waals surface area contributed by atoms with E-state index in [1.807, 2.05) is 0 Å². The summed E-state index contributed by atoms with van der Waals surface area (Å²) >= 11 is 1.29. The average molecular weight is 332 g/mol. The van der Waals surface area contributed by atoms with Crippen molar-refractivity contribution in [3.63, 3.8) is 0 Å². The highest BCUT2D eigenvalue weighted by molar-refractivity contribution is 7.89. The minimum Gasteiger partial charge on any atom is -0.371 e. The van der Waals surface area contributed by atoms with E-state index in [9.17, 15) is 21.6 Å². The van der Waals surface area contributed by atoms with Crippen molar-refractivity contribution in [3.8, 4) is 0 Å². The van der Waals surface area contributed by atoms with E-state index in [-0.39, 0.29) is 18.0 Å². The number of sulfonamides is 1. The van der Waals surface area contributed by atoms with Crippen molar-refractivity contribution in [3.05, 3.63) is 16.3 Å². The molecule has 0 saturated carbocycles. The number of alkyl halides is 3. The molecule has 0 spiro atoms. The minimum atomic E-state index is -4.41. The highest BCUT2D eigenvalue weighted by Crippen LogP contribution is 2.19. The molecule has 0 unspecified atom stereocenters. The third-order valence-electron chi connectivity index (χ3n) is 2.10. The summed E-state index contributed by atoms with van der Waals surface area (Å²) < 4.78 is 65.5. The quantitative estimate of drug-likeness (QED) is 0.705. The highest BCUT2D eigenvalue weighted by atomic mass is 32.2. The number of hydrogen-bond donors (Lipinski definition) is 2. The van der Waals surface area contributed by atoms with Gasteiger partial charge < -0.3 is 10.1 Å². The number of hydrogen-bond acceptors (Lipinski definition) is 5. The summed E-state index contributed by atoms with van der Waals surface area (Å²) in [7, 11) is -1.96. The van der Waals surface area contributed by atoms with Crippen molar-refractivity contribution in [1.82, 2.24) is 10.0 Å². The van der Waals surface area contributed by atoms with Gasteiger partial charge in [0.05, 0.1) is 11.5 Å². The van der Waals surface area contributed by atoms with Crippen LogP contribution in [0.25, 0.3) is 0 Å². The summed E-state index contributed by atoms with van der Waals surface area (Å²) in [6.45, 7) is -1.39. The molecule has 0 aliphatic heterocycles. The second-order valence-electron chi connectivity index (χ2n) is 3.84. The molecule has 0 atom stereocenters. The largest absolute Gasteiger partial charge is 0.411 e. The molecule has 0 saturated heterocycles. The van der Waals surface area contributed by atoms with E-state index in [2.05, 4.69) is 14.8 Å². The first-order chi connectivity index (χ1) is 9.24. The molecule has 0 bridgehead atoms. The van der Waals surface area contributed by atoms with Gasteiger partial charge in [0, 0.05) is 23.3 Å². The third-order valence-corrected chi connectivity index (χ3v) is 4.62. The van der Waals surface area contributed by atoms with Crippen molar-refractivity contribution in [1.29, 1.82) is 0 Å². The fourth-order valence-electron chi connectivity index (χ4n) is 1.29. The van der Waals surface area contributed by atoms with Crippen LogP contribution in [0.3, 0.4) is 0 Å². The Morgan fingerprint density at radius 1 is 1.40 bits per heavy atom. The molecular formula is C10H15F3N2O3S2. The summed E-state index contributed by atoms with van der Waals surface area (Å²) in [6.07, 6.45) is -4.41. The van der Waals surface area contributed by atoms with Gasteiger partial charge in [-0.25, -0.2) is 13.1 Å². The number of halogens is 3. The molecule has 0 radical (unpaired) electrons. The van der Waals surface area contributed by atoms with Crippen LogP contribution in [-0.2, 0) is 21.3 Å². The molecule has 20 heavy (non-hydrogen) atoms. The maximum absolute atomic E-state index is 11.8. The molecule has 1 aromatic heterocycles. The van der Waals surface area contributed by atoms with Crippen LogP contribution in [0.2, 0.25) is 0 Å². The molecular weight excluding hydrogens is 317 g/mol. The first-order valence-electron chi connectivity index (χ1n) is 5.61. The number of thiophene rings is 1. The molecule has 10 heteroatoms. The lowest BCUT2D eigenvalue weighted by molar-refractivity contribution is -0.173. The Morgan fingerprint density at radius 3 is 2.70 bits per heavy atom. The van der Waals surface area contributed by atoms with Crippen molar-refractivity contribution in [2.45, 2.75) is 17.6 Å². The Bertz CT molecular complexity index is 514. The zero-order valence-electron chi connectivity index (χ0n) is 10.7. The van der Waals surface area contributed by atoms with E-state index < -0.39 is 22.8 Å². The Hall–Kier alpha value is -0.680. The van der Waals surface area contributed by atoms with Crippen molar-refractivity contribution in [2.75, 3.05) is 26.8 Å². The first kappa shape index (κ1) is 17.4. The van der Waals surface area contributed by atoms with Gasteiger partial charge in [0.15, 0.2) is 0 Å². The molecule has 1 aromatic rings. The first-order valence-corrected chi connectivity index (χ1v) is 7.97. The van der Waals surface area contributed by atoms with Crippen LogP contribution >= 0.6 is 11.3 Å². The Labute approximate surface area is 119 Å². The summed E-state index contributed by atoms with van der Waals surface area (Å²) in [5.41, 5.74) is 0. The van der Waals surface area contributed by atoms with Crippen LogP contribution in [0.5, 0.6) is 0 Å². The standard InChI is InChI=1S/C10H15F3N2O3S2/c1-14-5-8-4-9(6-19-8)20(16,17)15-2-3-18-7-10(11,12)13/h4,6,14-15H,2-3,5,7H2,1H3. The van der Waals surface area contributed by atoms with Crippen molar-refractivity contribution < 1.29 is 26.3 Å². The smallest absolute Gasteiger partial charge is 0.371 e. The SMILES string of the molecule is CNCc1cc(S(=O)(=O)NCCOCC(F)(F)F)cs1. The minimum absolute atomic E-state index is 0.101. The second-order valence-corrected chi connectivity index (χ2v) is 6.61. The van der Waals surface area contributed by atoms with Crippen LogP contribution in [-0.4, -0.2) is 41.4 Å². The van der Waals surface area contributed by atoms with E-state index >= 15 is 0 Å². The molecule has 0 aliphatic carbocycles. The molecule has 116 valence electrons. The normalized spacial score (nSPS) is 12.8. The van der Waals surface area contributed by atoms with E-state index in [1.54, 1.807) is 7.05 Å². The van der Waals surface area contributed by atoms with Crippen LogP contribution in [0.1, 0.15) is 4.88 Å². The summed E-state index contributed by atoms with van der Waals surface area (Å²) in [5, 5.41) is 4.37. The van der Waals surface area contributed by atoms with E-state index in [0.29, 0.717) is 6.54 Å². The van der Waals surface area contributed by atoms with Gasteiger partial charge in [-0.15, -0.1) is 11.3 Å². The lowest BCUT2D eigenvalue weighted by atomic mass is 10.5. The van der Waals surface area contributed by atoms with Crippen molar-refractivity contribution in [2.24, 2.45) is 0 Å². The Kier molecular flexibility index (Phi) is 6.40. The molecule has 0 aliphatic rings. The molecule has 1 heterocycles. The van der Waals surface area contributed by atoms with Gasteiger partial charge in [-0.3, -0.25) is 0 Å². The van der Waals surface area contributed by atoms with Crippen molar-refractivity contribution >= 4 is 21.4 Å². The number of ether oxygens (including phenoxy) is 1. The molecule has 0 aromatic carbocycles. The fraction of sp³-hybridized carbons (Fsp3) is 0.600. The Balaban J connectivity index is 2.41. The van der Waals surface area contributed by atoms with E-state index in [1.165, 1.54) is 22.8 Å². The fourth-order valence-corrected chi connectivity index (χ4v) is 3.59. The highest BCUT2D eigenvalue weighted by Gasteiger charge is 2.27. The molecule has 1 rings (SSSR count). The zero-order chi connectivity index (χ0) is 15.2. The van der Waals surface area contributed by atoms with Crippen LogP contribution in [0.4, 0.5) is 13.2 Å². The number of nitrogens with one attached hydrogen (secondary N) is 2. The predicted molar refractivity (Wildman–Crippen MR) is 69.1 cm³/mol. The van der Waals surface area contributed by atoms with Gasteiger partial charge in [0.1, 0.15) is 6.61 Å². The van der Waals surface area contributed by atoms with E-state index in [0.717, 1.165) is 4.88 Å². The monoisotopic (exact) mass is 332 g/mol. The third kappa shape index (κ3) is 6.18. The van der Waals surface area contributed by atoms with Gasteiger partial charge in [-0.05, 0) is 13.1 Å². The van der Waals surface area contributed by atoms with Crippen LogP contribution < -0.4 is 10.0 Å². The van der Waals surface area contributed by atoms with Gasteiger partial charge in [0.25, 0.3) is 0 Å².